The van der Waals surface area contributed by atoms with Crippen LogP contribution >= 0.6 is 0 Å². The summed E-state index contributed by atoms with van der Waals surface area (Å²) < 4.78 is 25.5. The number of nitrogens with zero attached hydrogens (tertiary/aromatic N) is 2. The summed E-state index contributed by atoms with van der Waals surface area (Å²) in [4.78, 5) is 4.31. The molecule has 0 atom stereocenters. The van der Waals surface area contributed by atoms with Crippen molar-refractivity contribution in [3.8, 4) is 28.7 Å². The van der Waals surface area contributed by atoms with E-state index < -0.39 is 0 Å². The van der Waals surface area contributed by atoms with Crippen molar-refractivity contribution < 1.29 is 13.9 Å². The Morgan fingerprint density at radius 3 is 2.53 bits per heavy atom. The predicted molar refractivity (Wildman–Crippen MR) is 116 cm³/mol. The van der Waals surface area contributed by atoms with Gasteiger partial charge in [0.05, 0.1) is 18.9 Å². The van der Waals surface area contributed by atoms with Crippen LogP contribution in [0.15, 0.2) is 60.8 Å². The largest absolute Gasteiger partial charge is 0.493 e. The highest BCUT2D eigenvalue weighted by Crippen LogP contribution is 2.45. The van der Waals surface area contributed by atoms with E-state index in [1.807, 2.05) is 24.3 Å². The standard InChI is InChI=1S/C25H23FN2O2/c1-17(2)22-15-23(29-3)25(30-16-20-7-4-5-14-28-20)24(21(22)8-6-13-27)18-9-11-19(26)12-10-18/h4-12,14-15,17H,16H2,1-3H3/b8-6+. The molecule has 152 valence electrons. The van der Waals surface area contributed by atoms with Gasteiger partial charge in [-0.1, -0.05) is 32.0 Å². The molecular formula is C25H23FN2O2. The van der Waals surface area contributed by atoms with Crippen LogP contribution in [0.3, 0.4) is 0 Å². The minimum atomic E-state index is -0.323. The van der Waals surface area contributed by atoms with Gasteiger partial charge in [-0.3, -0.25) is 4.98 Å². The second-order valence-corrected chi connectivity index (χ2v) is 7.02. The summed E-state index contributed by atoms with van der Waals surface area (Å²) in [6.07, 6.45) is 4.91. The molecule has 0 saturated carbocycles. The van der Waals surface area contributed by atoms with Crippen LogP contribution in [0.2, 0.25) is 0 Å². The van der Waals surface area contributed by atoms with Gasteiger partial charge in [-0.05, 0) is 59.0 Å². The van der Waals surface area contributed by atoms with Crippen molar-refractivity contribution in [1.82, 2.24) is 4.98 Å². The molecule has 2 aromatic carbocycles. The highest BCUT2D eigenvalue weighted by atomic mass is 19.1. The maximum absolute atomic E-state index is 13.6. The summed E-state index contributed by atoms with van der Waals surface area (Å²) in [6.45, 7) is 4.39. The quantitative estimate of drug-likeness (QED) is 0.446. The Balaban J connectivity index is 2.25. The number of ether oxygens (including phenoxy) is 2. The number of allylic oxidation sites excluding steroid dienone is 1. The zero-order chi connectivity index (χ0) is 21.5. The van der Waals surface area contributed by atoms with Gasteiger partial charge in [0.25, 0.3) is 0 Å². The maximum atomic E-state index is 13.6. The molecule has 0 amide bonds. The molecule has 30 heavy (non-hydrogen) atoms. The van der Waals surface area contributed by atoms with Crippen LogP contribution in [0.25, 0.3) is 17.2 Å². The monoisotopic (exact) mass is 402 g/mol. The van der Waals surface area contributed by atoms with Crippen LogP contribution in [-0.2, 0) is 6.61 Å². The van der Waals surface area contributed by atoms with Crippen molar-refractivity contribution in [1.29, 1.82) is 5.26 Å². The third-order valence-corrected chi connectivity index (χ3v) is 4.71. The van der Waals surface area contributed by atoms with Crippen LogP contribution < -0.4 is 9.47 Å². The lowest BCUT2D eigenvalue weighted by Gasteiger charge is -2.22. The summed E-state index contributed by atoms with van der Waals surface area (Å²) >= 11 is 0. The Morgan fingerprint density at radius 2 is 1.93 bits per heavy atom. The third kappa shape index (κ3) is 4.66. The normalized spacial score (nSPS) is 10.9. The van der Waals surface area contributed by atoms with Crippen molar-refractivity contribution in [2.24, 2.45) is 0 Å². The molecule has 0 radical (unpaired) electrons. The molecule has 0 saturated heterocycles. The van der Waals surface area contributed by atoms with E-state index in [0.29, 0.717) is 11.5 Å². The van der Waals surface area contributed by atoms with E-state index in [9.17, 15) is 4.39 Å². The molecule has 5 heteroatoms. The highest BCUT2D eigenvalue weighted by molar-refractivity contribution is 5.85. The number of hydrogen-bond acceptors (Lipinski definition) is 4. The van der Waals surface area contributed by atoms with Gasteiger partial charge in [0.15, 0.2) is 11.5 Å². The van der Waals surface area contributed by atoms with E-state index >= 15 is 0 Å². The summed E-state index contributed by atoms with van der Waals surface area (Å²) in [7, 11) is 1.59. The Kier molecular flexibility index (Phi) is 6.82. The molecule has 0 unspecified atom stereocenters. The van der Waals surface area contributed by atoms with Gasteiger partial charge in [-0.15, -0.1) is 0 Å². The number of nitriles is 1. The molecule has 0 spiro atoms. The lowest BCUT2D eigenvalue weighted by molar-refractivity contribution is 0.281. The summed E-state index contributed by atoms with van der Waals surface area (Å²) in [5, 5.41) is 9.13. The second-order valence-electron chi connectivity index (χ2n) is 7.02. The fourth-order valence-corrected chi connectivity index (χ4v) is 3.28. The fraction of sp³-hybridized carbons (Fsp3) is 0.200. The lowest BCUT2D eigenvalue weighted by Crippen LogP contribution is -2.05. The zero-order valence-corrected chi connectivity index (χ0v) is 17.2. The number of rotatable bonds is 7. The van der Waals surface area contributed by atoms with Gasteiger partial charge in [0.1, 0.15) is 12.4 Å². The van der Waals surface area contributed by atoms with Crippen molar-refractivity contribution in [3.05, 3.63) is 83.4 Å². The first-order valence-corrected chi connectivity index (χ1v) is 9.64. The number of halogens is 1. The molecule has 3 aromatic rings. The van der Waals surface area contributed by atoms with E-state index in [0.717, 1.165) is 27.9 Å². The molecule has 1 aromatic heterocycles. The van der Waals surface area contributed by atoms with Crippen molar-refractivity contribution in [2.75, 3.05) is 7.11 Å². The molecule has 4 nitrogen and oxygen atoms in total. The van der Waals surface area contributed by atoms with Gasteiger partial charge >= 0.3 is 0 Å². The fourth-order valence-electron chi connectivity index (χ4n) is 3.28. The van der Waals surface area contributed by atoms with E-state index in [1.54, 1.807) is 31.5 Å². The van der Waals surface area contributed by atoms with Crippen molar-refractivity contribution >= 4 is 6.08 Å². The molecule has 3 rings (SSSR count). The van der Waals surface area contributed by atoms with Gasteiger partial charge in [-0.25, -0.2) is 4.39 Å². The van der Waals surface area contributed by atoms with Crippen LogP contribution in [0.4, 0.5) is 4.39 Å². The topological polar surface area (TPSA) is 55.1 Å². The molecule has 0 aliphatic heterocycles. The van der Waals surface area contributed by atoms with Gasteiger partial charge in [0, 0.05) is 17.8 Å². The molecule has 1 heterocycles. The number of hydrogen-bond donors (Lipinski definition) is 0. The highest BCUT2D eigenvalue weighted by Gasteiger charge is 2.22. The summed E-state index contributed by atoms with van der Waals surface area (Å²) in [6, 6.07) is 15.8. The van der Waals surface area contributed by atoms with Crippen molar-refractivity contribution in [2.45, 2.75) is 26.4 Å². The number of aromatic nitrogens is 1. The van der Waals surface area contributed by atoms with Crippen LogP contribution in [0, 0.1) is 17.1 Å². The minimum Gasteiger partial charge on any atom is -0.493 e. The Labute approximate surface area is 176 Å². The van der Waals surface area contributed by atoms with Crippen LogP contribution in [0.5, 0.6) is 11.5 Å². The van der Waals surface area contributed by atoms with Gasteiger partial charge in [-0.2, -0.15) is 5.26 Å². The predicted octanol–water partition coefficient (Wildman–Crippen LogP) is 6.14. The zero-order valence-electron chi connectivity index (χ0n) is 17.2. The molecule has 0 aliphatic rings. The van der Waals surface area contributed by atoms with Gasteiger partial charge < -0.3 is 9.47 Å². The summed E-state index contributed by atoms with van der Waals surface area (Å²) in [5.41, 5.74) is 4.13. The summed E-state index contributed by atoms with van der Waals surface area (Å²) in [5.74, 6) is 0.942. The van der Waals surface area contributed by atoms with E-state index in [2.05, 4.69) is 24.9 Å². The Bertz CT molecular complexity index is 1070. The van der Waals surface area contributed by atoms with Gasteiger partial charge in [0.2, 0.25) is 0 Å². The van der Waals surface area contributed by atoms with E-state index in [4.69, 9.17) is 14.7 Å². The number of benzene rings is 2. The van der Waals surface area contributed by atoms with Crippen LogP contribution in [-0.4, -0.2) is 12.1 Å². The Hall–Kier alpha value is -3.65. The average Bonchev–Trinajstić information content (AvgIpc) is 2.76. The molecule has 0 bridgehead atoms. The molecule has 0 fully saturated rings. The van der Waals surface area contributed by atoms with E-state index in [-0.39, 0.29) is 18.3 Å². The van der Waals surface area contributed by atoms with Crippen LogP contribution in [0.1, 0.15) is 36.6 Å². The Morgan fingerprint density at radius 1 is 1.17 bits per heavy atom. The molecular weight excluding hydrogens is 379 g/mol. The van der Waals surface area contributed by atoms with Crippen molar-refractivity contribution in [3.63, 3.8) is 0 Å². The first-order valence-electron chi connectivity index (χ1n) is 9.64. The molecule has 0 aliphatic carbocycles. The maximum Gasteiger partial charge on any atom is 0.170 e. The minimum absolute atomic E-state index is 0.168. The first kappa shape index (κ1) is 21.1. The number of methoxy groups -OCH3 is 1. The second kappa shape index (κ2) is 9.71. The smallest absolute Gasteiger partial charge is 0.170 e. The molecule has 0 N–H and O–H groups in total. The number of pyridine rings is 1. The van der Waals surface area contributed by atoms with E-state index in [1.165, 1.54) is 18.2 Å². The SMILES string of the molecule is COc1cc(C(C)C)c(/C=C/C#N)c(-c2ccc(F)cc2)c1OCc1ccccn1. The lowest BCUT2D eigenvalue weighted by atomic mass is 9.88. The average molecular weight is 402 g/mol. The first-order chi connectivity index (χ1) is 14.5. The third-order valence-electron chi connectivity index (χ3n) is 4.71.